The van der Waals surface area contributed by atoms with Crippen LogP contribution in [0.3, 0.4) is 0 Å². The lowest BCUT2D eigenvalue weighted by atomic mass is 10.1. The van der Waals surface area contributed by atoms with Crippen LogP contribution < -0.4 is 16.2 Å². The van der Waals surface area contributed by atoms with Gasteiger partial charge < -0.3 is 10.6 Å². The van der Waals surface area contributed by atoms with Gasteiger partial charge in [0.05, 0.1) is 11.4 Å². The molecule has 2 N–H and O–H groups in total. The summed E-state index contributed by atoms with van der Waals surface area (Å²) in [4.78, 5) is 27.6. The van der Waals surface area contributed by atoms with Gasteiger partial charge in [-0.05, 0) is 50.2 Å². The van der Waals surface area contributed by atoms with Gasteiger partial charge in [-0.1, -0.05) is 18.2 Å². The summed E-state index contributed by atoms with van der Waals surface area (Å²) < 4.78 is 3.34. The lowest BCUT2D eigenvalue weighted by molar-refractivity contribution is 0.0988. The lowest BCUT2D eigenvalue weighted by Crippen LogP contribution is -2.35. The van der Waals surface area contributed by atoms with Crippen LogP contribution in [0.15, 0.2) is 59.4 Å². The number of rotatable bonds is 4. The molecule has 0 unspecified atom stereocenters. The zero-order valence-electron chi connectivity index (χ0n) is 15.1. The van der Waals surface area contributed by atoms with Crippen LogP contribution in [0.5, 0.6) is 0 Å². The van der Waals surface area contributed by atoms with Gasteiger partial charge in [-0.25, -0.2) is 4.68 Å². The van der Waals surface area contributed by atoms with Crippen LogP contribution in [0.4, 0.5) is 11.4 Å². The maximum atomic E-state index is 13.1. The average Bonchev–Trinajstić information content (AvgIpc) is 2.87. The maximum Gasteiger partial charge on any atom is 0.295 e. The molecular formula is C20H22N4O2. The van der Waals surface area contributed by atoms with E-state index < -0.39 is 0 Å². The number of carbonyl (C=O) groups is 1. The molecule has 0 saturated heterocycles. The Morgan fingerprint density at radius 2 is 1.69 bits per heavy atom. The molecule has 0 aliphatic rings. The van der Waals surface area contributed by atoms with Gasteiger partial charge in [0.25, 0.3) is 11.5 Å². The number of hydrogen-bond acceptors (Lipinski definition) is 3. The molecule has 134 valence electrons. The fraction of sp³-hybridized carbons (Fsp3) is 0.200. The van der Waals surface area contributed by atoms with Gasteiger partial charge in [0.1, 0.15) is 5.69 Å². The monoisotopic (exact) mass is 350 g/mol. The van der Waals surface area contributed by atoms with E-state index in [0.717, 1.165) is 11.4 Å². The quantitative estimate of drug-likeness (QED) is 0.735. The fourth-order valence-corrected chi connectivity index (χ4v) is 3.05. The highest BCUT2D eigenvalue weighted by Gasteiger charge is 2.25. The topological polar surface area (TPSA) is 73.3 Å². The number of carbonyl (C=O) groups excluding carboxylic acids is 1. The number of benzene rings is 2. The Labute approximate surface area is 152 Å². The van der Waals surface area contributed by atoms with Crippen molar-refractivity contribution in [3.8, 4) is 5.69 Å². The highest BCUT2D eigenvalue weighted by Crippen LogP contribution is 2.20. The van der Waals surface area contributed by atoms with Crippen molar-refractivity contribution in [2.45, 2.75) is 13.8 Å². The largest absolute Gasteiger partial charge is 0.399 e. The zero-order chi connectivity index (χ0) is 18.8. The third kappa shape index (κ3) is 2.90. The molecule has 0 aliphatic carbocycles. The number of nitrogen functional groups attached to an aromatic ring is 1. The molecule has 3 rings (SSSR count). The predicted octanol–water partition coefficient (Wildman–Crippen LogP) is 2.73. The van der Waals surface area contributed by atoms with E-state index in [4.69, 9.17) is 5.73 Å². The van der Waals surface area contributed by atoms with Crippen molar-refractivity contribution >= 4 is 17.3 Å². The van der Waals surface area contributed by atoms with Gasteiger partial charge >= 0.3 is 0 Å². The minimum atomic E-state index is -0.224. The first-order chi connectivity index (χ1) is 12.5. The number of anilines is 2. The number of aromatic nitrogens is 2. The van der Waals surface area contributed by atoms with E-state index in [1.54, 1.807) is 33.6 Å². The number of para-hydroxylation sites is 1. The van der Waals surface area contributed by atoms with Crippen LogP contribution in [-0.4, -0.2) is 21.8 Å². The minimum absolute atomic E-state index is 0.221. The molecule has 0 spiro atoms. The standard InChI is InChI=1S/C20H22N4O2/c1-4-23(19(25)15-10-12-16(21)13-11-15)18-14(2)22(3)24(20(18)26)17-8-6-5-7-9-17/h5-13H,4,21H2,1-3H3. The van der Waals surface area contributed by atoms with Crippen molar-refractivity contribution in [3.63, 3.8) is 0 Å². The van der Waals surface area contributed by atoms with Crippen LogP contribution in [0, 0.1) is 6.92 Å². The molecule has 6 heteroatoms. The number of amides is 1. The van der Waals surface area contributed by atoms with Crippen LogP contribution in [-0.2, 0) is 7.05 Å². The summed E-state index contributed by atoms with van der Waals surface area (Å²) in [5.41, 5.74) is 8.44. The van der Waals surface area contributed by atoms with E-state index in [1.807, 2.05) is 51.2 Å². The molecule has 1 aromatic heterocycles. The Bertz CT molecular complexity index is 985. The fourth-order valence-electron chi connectivity index (χ4n) is 3.05. The second-order valence-electron chi connectivity index (χ2n) is 6.08. The Balaban J connectivity index is 2.11. The Hall–Kier alpha value is -3.28. The van der Waals surface area contributed by atoms with Crippen molar-refractivity contribution in [2.75, 3.05) is 17.2 Å². The third-order valence-corrected chi connectivity index (χ3v) is 4.51. The van der Waals surface area contributed by atoms with E-state index in [9.17, 15) is 9.59 Å². The first-order valence-corrected chi connectivity index (χ1v) is 8.47. The summed E-state index contributed by atoms with van der Waals surface area (Å²) in [7, 11) is 1.81. The maximum absolute atomic E-state index is 13.1. The van der Waals surface area contributed by atoms with Crippen LogP contribution in [0.1, 0.15) is 23.0 Å². The smallest absolute Gasteiger partial charge is 0.295 e. The van der Waals surface area contributed by atoms with Gasteiger partial charge in [-0.2, -0.15) is 0 Å². The molecule has 1 amide bonds. The Kier molecular flexibility index (Phi) is 4.67. The van der Waals surface area contributed by atoms with Crippen molar-refractivity contribution in [2.24, 2.45) is 7.05 Å². The molecule has 2 aromatic carbocycles. The summed E-state index contributed by atoms with van der Waals surface area (Å²) in [6, 6.07) is 16.1. The van der Waals surface area contributed by atoms with Gasteiger partial charge in [-0.3, -0.25) is 14.3 Å². The second-order valence-corrected chi connectivity index (χ2v) is 6.08. The first-order valence-electron chi connectivity index (χ1n) is 8.47. The minimum Gasteiger partial charge on any atom is -0.399 e. The molecular weight excluding hydrogens is 328 g/mol. The van der Waals surface area contributed by atoms with Gasteiger partial charge in [0, 0.05) is 24.8 Å². The second kappa shape index (κ2) is 6.92. The number of hydrogen-bond donors (Lipinski definition) is 1. The summed E-state index contributed by atoms with van der Waals surface area (Å²) in [5, 5.41) is 0. The van der Waals surface area contributed by atoms with E-state index in [-0.39, 0.29) is 11.5 Å². The molecule has 3 aromatic rings. The van der Waals surface area contributed by atoms with Crippen molar-refractivity contribution in [1.29, 1.82) is 0 Å². The highest BCUT2D eigenvalue weighted by atomic mass is 16.2. The number of nitrogens with two attached hydrogens (primary N) is 1. The SMILES string of the molecule is CCN(C(=O)c1ccc(N)cc1)c1c(C)n(C)n(-c2ccccc2)c1=O. The molecule has 1 heterocycles. The number of nitrogens with zero attached hydrogens (tertiary/aromatic N) is 3. The first kappa shape index (κ1) is 17.5. The van der Waals surface area contributed by atoms with Crippen LogP contribution >= 0.6 is 0 Å². The molecule has 26 heavy (non-hydrogen) atoms. The average molecular weight is 350 g/mol. The molecule has 0 bridgehead atoms. The molecule has 6 nitrogen and oxygen atoms in total. The van der Waals surface area contributed by atoms with Gasteiger partial charge in [0.15, 0.2) is 0 Å². The Morgan fingerprint density at radius 3 is 2.27 bits per heavy atom. The molecule has 0 radical (unpaired) electrons. The lowest BCUT2D eigenvalue weighted by Gasteiger charge is -2.19. The van der Waals surface area contributed by atoms with E-state index in [2.05, 4.69) is 0 Å². The summed E-state index contributed by atoms with van der Waals surface area (Å²) >= 11 is 0. The third-order valence-electron chi connectivity index (χ3n) is 4.51. The van der Waals surface area contributed by atoms with Crippen molar-refractivity contribution in [3.05, 3.63) is 76.2 Å². The van der Waals surface area contributed by atoms with Gasteiger partial charge in [0.2, 0.25) is 0 Å². The molecule has 0 fully saturated rings. The van der Waals surface area contributed by atoms with Crippen LogP contribution in [0.2, 0.25) is 0 Å². The summed E-state index contributed by atoms with van der Waals surface area (Å²) in [6.45, 7) is 4.08. The van der Waals surface area contributed by atoms with Gasteiger partial charge in [-0.15, -0.1) is 0 Å². The summed E-state index contributed by atoms with van der Waals surface area (Å²) in [6.07, 6.45) is 0. The Morgan fingerprint density at radius 1 is 1.08 bits per heavy atom. The normalized spacial score (nSPS) is 10.7. The predicted molar refractivity (Wildman–Crippen MR) is 104 cm³/mol. The highest BCUT2D eigenvalue weighted by molar-refractivity contribution is 6.06. The molecule has 0 atom stereocenters. The van der Waals surface area contributed by atoms with E-state index in [0.29, 0.717) is 23.5 Å². The zero-order valence-corrected chi connectivity index (χ0v) is 15.1. The molecule has 0 saturated carbocycles. The van der Waals surface area contributed by atoms with Crippen molar-refractivity contribution in [1.82, 2.24) is 9.36 Å². The van der Waals surface area contributed by atoms with E-state index in [1.165, 1.54) is 4.90 Å². The molecule has 0 aliphatic heterocycles. The van der Waals surface area contributed by atoms with Crippen molar-refractivity contribution < 1.29 is 4.79 Å². The summed E-state index contributed by atoms with van der Waals surface area (Å²) in [5.74, 6) is -0.224. The van der Waals surface area contributed by atoms with E-state index >= 15 is 0 Å². The van der Waals surface area contributed by atoms with Crippen LogP contribution in [0.25, 0.3) is 5.69 Å².